The molecule has 0 radical (unpaired) electrons. The monoisotopic (exact) mass is 495 g/mol. The largest absolute Gasteiger partial charge is 0.337 e. The lowest BCUT2D eigenvalue weighted by Crippen LogP contribution is -2.38. The van der Waals surface area contributed by atoms with Crippen molar-refractivity contribution < 1.29 is 14.0 Å². The van der Waals surface area contributed by atoms with Crippen molar-refractivity contribution in [3.8, 4) is 0 Å². The van der Waals surface area contributed by atoms with Crippen molar-refractivity contribution >= 4 is 40.1 Å². The van der Waals surface area contributed by atoms with Gasteiger partial charge in [-0.3, -0.25) is 14.5 Å². The fraction of sp³-hybridized carbons (Fsp3) is 0.333. The first-order valence-corrected chi connectivity index (χ1v) is 10.3. The number of nitrogens with one attached hydrogen (secondary N) is 1. The second-order valence-corrected chi connectivity index (χ2v) is 7.99. The fourth-order valence-corrected chi connectivity index (χ4v) is 3.84. The minimum absolute atomic E-state index is 0.0470. The Labute approximate surface area is 178 Å². The van der Waals surface area contributed by atoms with Crippen LogP contribution < -0.4 is 5.32 Å². The molecular weight excluding hydrogens is 472 g/mol. The van der Waals surface area contributed by atoms with Gasteiger partial charge < -0.3 is 10.2 Å². The molecule has 1 N–H and O–H groups in total. The van der Waals surface area contributed by atoms with E-state index in [1.165, 1.54) is 12.1 Å². The number of hydrogen-bond donors (Lipinski definition) is 1. The molecule has 5 nitrogen and oxygen atoms in total. The second kappa shape index (κ2) is 9.47. The van der Waals surface area contributed by atoms with Gasteiger partial charge in [-0.1, -0.05) is 12.1 Å². The second-order valence-electron chi connectivity index (χ2n) is 6.91. The molecule has 3 rings (SSSR count). The predicted octanol–water partition coefficient (Wildman–Crippen LogP) is 3.53. The Morgan fingerprint density at radius 1 is 1.07 bits per heavy atom. The summed E-state index contributed by atoms with van der Waals surface area (Å²) in [6.45, 7) is 4.92. The number of nitrogens with zero attached hydrogens (tertiary/aromatic N) is 2. The normalized spacial score (nSPS) is 15.2. The number of rotatable bonds is 4. The minimum atomic E-state index is -0.335. The molecule has 28 heavy (non-hydrogen) atoms. The third-order valence-electron chi connectivity index (χ3n) is 4.79. The lowest BCUT2D eigenvalue weighted by Gasteiger charge is -2.22. The van der Waals surface area contributed by atoms with Gasteiger partial charge in [0.1, 0.15) is 5.82 Å². The summed E-state index contributed by atoms with van der Waals surface area (Å²) in [7, 11) is 0. The highest BCUT2D eigenvalue weighted by atomic mass is 127. The Morgan fingerprint density at radius 3 is 2.57 bits per heavy atom. The van der Waals surface area contributed by atoms with E-state index in [0.717, 1.165) is 27.7 Å². The highest BCUT2D eigenvalue weighted by molar-refractivity contribution is 14.1. The summed E-state index contributed by atoms with van der Waals surface area (Å²) in [4.78, 5) is 29.1. The Hall–Kier alpha value is -2.00. The number of hydrogen-bond acceptors (Lipinski definition) is 3. The van der Waals surface area contributed by atoms with Gasteiger partial charge in [-0.05, 0) is 71.8 Å². The fourth-order valence-electron chi connectivity index (χ4n) is 3.25. The summed E-state index contributed by atoms with van der Waals surface area (Å²) >= 11 is 2.22. The first-order valence-electron chi connectivity index (χ1n) is 9.26. The SMILES string of the molecule is Cc1cccc(C(=O)N2CCCN(CC(=O)Nc3ccc(F)cc3)CC2)c1I. The maximum Gasteiger partial charge on any atom is 0.254 e. The summed E-state index contributed by atoms with van der Waals surface area (Å²) in [6.07, 6.45) is 0.817. The Kier molecular flexibility index (Phi) is 7.01. The van der Waals surface area contributed by atoms with Gasteiger partial charge in [0.25, 0.3) is 5.91 Å². The van der Waals surface area contributed by atoms with E-state index in [1.807, 2.05) is 34.9 Å². The van der Waals surface area contributed by atoms with E-state index in [0.29, 0.717) is 25.3 Å². The van der Waals surface area contributed by atoms with Crippen LogP contribution in [0.5, 0.6) is 0 Å². The third kappa shape index (κ3) is 5.29. The van der Waals surface area contributed by atoms with Crippen LogP contribution in [0.15, 0.2) is 42.5 Å². The standard InChI is InChI=1S/C21H23FIN3O2/c1-15-4-2-5-18(20(15)23)21(28)26-11-3-10-25(12-13-26)14-19(27)24-17-8-6-16(22)7-9-17/h2,4-9H,3,10-14H2,1H3,(H,24,27). The average molecular weight is 495 g/mol. The smallest absolute Gasteiger partial charge is 0.254 e. The van der Waals surface area contributed by atoms with E-state index in [1.54, 1.807) is 12.1 Å². The summed E-state index contributed by atoms with van der Waals surface area (Å²) in [5, 5.41) is 2.78. The minimum Gasteiger partial charge on any atom is -0.337 e. The molecule has 0 bridgehead atoms. The van der Waals surface area contributed by atoms with Crippen molar-refractivity contribution in [2.24, 2.45) is 0 Å². The number of carbonyl (C=O) groups is 2. The number of halogens is 2. The molecule has 0 aromatic heterocycles. The molecule has 1 aliphatic rings. The van der Waals surface area contributed by atoms with Crippen molar-refractivity contribution in [2.45, 2.75) is 13.3 Å². The maximum absolute atomic E-state index is 13.0. The molecule has 1 fully saturated rings. The molecular formula is C21H23FIN3O2. The number of amides is 2. The van der Waals surface area contributed by atoms with Crippen molar-refractivity contribution in [1.82, 2.24) is 9.80 Å². The van der Waals surface area contributed by atoms with Crippen LogP contribution in [0.2, 0.25) is 0 Å². The molecule has 0 unspecified atom stereocenters. The zero-order valence-electron chi connectivity index (χ0n) is 15.8. The predicted molar refractivity (Wildman–Crippen MR) is 116 cm³/mol. The number of anilines is 1. The summed E-state index contributed by atoms with van der Waals surface area (Å²) in [5.74, 6) is -0.427. The highest BCUT2D eigenvalue weighted by Crippen LogP contribution is 2.19. The maximum atomic E-state index is 13.0. The number of aryl methyl sites for hydroxylation is 1. The molecule has 1 heterocycles. The molecule has 7 heteroatoms. The van der Waals surface area contributed by atoms with E-state index in [4.69, 9.17) is 0 Å². The Bertz CT molecular complexity index is 857. The quantitative estimate of drug-likeness (QED) is 0.661. The third-order valence-corrected chi connectivity index (χ3v) is 6.23. The van der Waals surface area contributed by atoms with E-state index in [2.05, 4.69) is 27.9 Å². The first kappa shape index (κ1) is 20.7. The van der Waals surface area contributed by atoms with Crippen LogP contribution in [0.4, 0.5) is 10.1 Å². The lowest BCUT2D eigenvalue weighted by atomic mass is 10.1. The molecule has 0 spiro atoms. The van der Waals surface area contributed by atoms with Crippen molar-refractivity contribution in [1.29, 1.82) is 0 Å². The Morgan fingerprint density at radius 2 is 1.82 bits per heavy atom. The summed E-state index contributed by atoms with van der Waals surface area (Å²) in [6, 6.07) is 11.5. The van der Waals surface area contributed by atoms with Gasteiger partial charge >= 0.3 is 0 Å². The van der Waals surface area contributed by atoms with Crippen molar-refractivity contribution in [3.63, 3.8) is 0 Å². The molecule has 2 amide bonds. The molecule has 0 saturated carbocycles. The zero-order chi connectivity index (χ0) is 20.1. The van der Waals surface area contributed by atoms with Gasteiger partial charge in [-0.25, -0.2) is 4.39 Å². The number of carbonyl (C=O) groups excluding carboxylic acids is 2. The zero-order valence-corrected chi connectivity index (χ0v) is 17.9. The molecule has 2 aromatic carbocycles. The van der Waals surface area contributed by atoms with Gasteiger partial charge in [0.15, 0.2) is 0 Å². The van der Waals surface area contributed by atoms with E-state index >= 15 is 0 Å². The lowest BCUT2D eigenvalue weighted by molar-refractivity contribution is -0.117. The van der Waals surface area contributed by atoms with Gasteiger partial charge in [0, 0.05) is 35.4 Å². The molecule has 0 aliphatic carbocycles. The van der Waals surface area contributed by atoms with Crippen molar-refractivity contribution in [2.75, 3.05) is 38.0 Å². The van der Waals surface area contributed by atoms with Crippen LogP contribution >= 0.6 is 22.6 Å². The van der Waals surface area contributed by atoms with Crippen LogP contribution in [0.25, 0.3) is 0 Å². The van der Waals surface area contributed by atoms with E-state index < -0.39 is 0 Å². The molecule has 1 saturated heterocycles. The summed E-state index contributed by atoms with van der Waals surface area (Å²) < 4.78 is 14.0. The Balaban J connectivity index is 1.55. The van der Waals surface area contributed by atoms with Gasteiger partial charge in [-0.15, -0.1) is 0 Å². The van der Waals surface area contributed by atoms with Crippen LogP contribution in [0.1, 0.15) is 22.3 Å². The van der Waals surface area contributed by atoms with Gasteiger partial charge in [0.05, 0.1) is 12.1 Å². The van der Waals surface area contributed by atoms with Crippen LogP contribution in [-0.4, -0.2) is 54.3 Å². The van der Waals surface area contributed by atoms with E-state index in [9.17, 15) is 14.0 Å². The molecule has 1 aliphatic heterocycles. The molecule has 2 aromatic rings. The number of benzene rings is 2. The summed E-state index contributed by atoms with van der Waals surface area (Å²) in [5.41, 5.74) is 2.41. The van der Waals surface area contributed by atoms with Crippen LogP contribution in [-0.2, 0) is 4.79 Å². The van der Waals surface area contributed by atoms with Gasteiger partial charge in [-0.2, -0.15) is 0 Å². The average Bonchev–Trinajstić information content (AvgIpc) is 2.91. The first-order chi connectivity index (χ1) is 13.4. The van der Waals surface area contributed by atoms with Crippen LogP contribution in [0, 0.1) is 16.3 Å². The van der Waals surface area contributed by atoms with E-state index in [-0.39, 0.29) is 24.2 Å². The van der Waals surface area contributed by atoms with Crippen LogP contribution in [0.3, 0.4) is 0 Å². The van der Waals surface area contributed by atoms with Crippen molar-refractivity contribution in [3.05, 3.63) is 63.0 Å². The molecule has 0 atom stereocenters. The van der Waals surface area contributed by atoms with Gasteiger partial charge in [0.2, 0.25) is 5.91 Å². The topological polar surface area (TPSA) is 52.7 Å². The highest BCUT2D eigenvalue weighted by Gasteiger charge is 2.23. The molecule has 148 valence electrons.